The molecule has 31 heavy (non-hydrogen) atoms. The Bertz CT molecular complexity index is 1300. The number of hydrogen-bond acceptors (Lipinski definition) is 6. The number of pyridine rings is 2. The Morgan fingerprint density at radius 3 is 3.06 bits per heavy atom. The minimum atomic E-state index is -0.416. The summed E-state index contributed by atoms with van der Waals surface area (Å²) < 4.78 is 9.00. The van der Waals surface area contributed by atoms with Crippen molar-refractivity contribution >= 4 is 17.2 Å². The van der Waals surface area contributed by atoms with Crippen LogP contribution in [0.3, 0.4) is 0 Å². The number of nitrogens with one attached hydrogen (secondary N) is 2. The molecule has 1 amide bonds. The van der Waals surface area contributed by atoms with Gasteiger partial charge in [-0.1, -0.05) is 12.1 Å². The molecule has 0 radical (unpaired) electrons. The SMILES string of the molecule is O=C(NCc1cn2cc(C3COCCCN3)ccc2n1)c1cc(=O)n2ccccc2n1. The summed E-state index contributed by atoms with van der Waals surface area (Å²) in [6.45, 7) is 2.58. The number of amides is 1. The van der Waals surface area contributed by atoms with Gasteiger partial charge in [0, 0.05) is 31.3 Å². The van der Waals surface area contributed by atoms with Crippen molar-refractivity contribution < 1.29 is 9.53 Å². The Labute approximate surface area is 177 Å². The standard InChI is InChI=1S/C22H22N6O3/c29-21-10-17(26-20-4-1-2-8-28(20)21)22(30)24-11-16-13-27-12-15(5-6-19(27)25-16)18-14-31-9-3-7-23-18/h1-2,4-6,8,10,12-13,18,23H,3,7,9,11,14H2,(H,24,30). The van der Waals surface area contributed by atoms with E-state index in [0.29, 0.717) is 17.9 Å². The Hall–Kier alpha value is -3.56. The number of nitrogens with zero attached hydrogens (tertiary/aromatic N) is 4. The van der Waals surface area contributed by atoms with Crippen molar-refractivity contribution in [1.82, 2.24) is 29.4 Å². The van der Waals surface area contributed by atoms with Crippen LogP contribution < -0.4 is 16.2 Å². The van der Waals surface area contributed by atoms with Gasteiger partial charge in [0.15, 0.2) is 0 Å². The van der Waals surface area contributed by atoms with Gasteiger partial charge in [0.2, 0.25) is 0 Å². The van der Waals surface area contributed by atoms with Gasteiger partial charge in [-0.2, -0.15) is 0 Å². The van der Waals surface area contributed by atoms with Gasteiger partial charge in [0.1, 0.15) is 17.0 Å². The van der Waals surface area contributed by atoms with Crippen molar-refractivity contribution in [2.45, 2.75) is 19.0 Å². The van der Waals surface area contributed by atoms with Crippen LogP contribution in [0.2, 0.25) is 0 Å². The van der Waals surface area contributed by atoms with Crippen molar-refractivity contribution in [3.05, 3.63) is 82.3 Å². The van der Waals surface area contributed by atoms with Crippen LogP contribution in [-0.4, -0.2) is 44.4 Å². The molecule has 2 N–H and O–H groups in total. The number of ether oxygens (including phenoxy) is 1. The topological polar surface area (TPSA) is 102 Å². The normalized spacial score (nSPS) is 17.0. The van der Waals surface area contributed by atoms with E-state index in [4.69, 9.17) is 4.74 Å². The molecule has 0 aromatic carbocycles. The maximum atomic E-state index is 12.5. The molecule has 9 nitrogen and oxygen atoms in total. The molecule has 1 atom stereocenters. The van der Waals surface area contributed by atoms with Gasteiger partial charge in [0.25, 0.3) is 11.5 Å². The van der Waals surface area contributed by atoms with Crippen molar-refractivity contribution in [2.24, 2.45) is 0 Å². The molecule has 1 aliphatic heterocycles. The number of hydrogen-bond donors (Lipinski definition) is 2. The molecule has 0 bridgehead atoms. The van der Waals surface area contributed by atoms with Crippen LogP contribution >= 0.6 is 0 Å². The Morgan fingerprint density at radius 1 is 1.19 bits per heavy atom. The maximum absolute atomic E-state index is 12.5. The van der Waals surface area contributed by atoms with E-state index >= 15 is 0 Å². The number of rotatable bonds is 4. The molecule has 0 saturated carbocycles. The molecule has 4 aromatic rings. The van der Waals surface area contributed by atoms with Gasteiger partial charge in [-0.15, -0.1) is 0 Å². The van der Waals surface area contributed by atoms with Gasteiger partial charge in [-0.05, 0) is 36.7 Å². The van der Waals surface area contributed by atoms with Crippen LogP contribution in [0.15, 0.2) is 59.8 Å². The first kappa shape index (κ1) is 19.4. The lowest BCUT2D eigenvalue weighted by atomic mass is 10.1. The molecule has 0 aliphatic carbocycles. The molecule has 1 fully saturated rings. The largest absolute Gasteiger partial charge is 0.379 e. The van der Waals surface area contributed by atoms with Gasteiger partial charge in [-0.3, -0.25) is 14.0 Å². The lowest BCUT2D eigenvalue weighted by Gasteiger charge is -2.15. The summed E-state index contributed by atoms with van der Waals surface area (Å²) in [7, 11) is 0. The highest BCUT2D eigenvalue weighted by atomic mass is 16.5. The van der Waals surface area contributed by atoms with Crippen molar-refractivity contribution in [2.75, 3.05) is 19.8 Å². The summed E-state index contributed by atoms with van der Waals surface area (Å²) in [6.07, 6.45) is 6.55. The molecule has 5 heterocycles. The third-order valence-corrected chi connectivity index (χ3v) is 5.30. The maximum Gasteiger partial charge on any atom is 0.270 e. The zero-order chi connectivity index (χ0) is 21.2. The fourth-order valence-electron chi connectivity index (χ4n) is 3.71. The van der Waals surface area contributed by atoms with Crippen LogP contribution in [-0.2, 0) is 11.3 Å². The fraction of sp³-hybridized carbons (Fsp3) is 0.273. The van der Waals surface area contributed by atoms with E-state index in [1.165, 1.54) is 10.5 Å². The van der Waals surface area contributed by atoms with Gasteiger partial charge >= 0.3 is 0 Å². The number of fused-ring (bicyclic) bond motifs is 2. The molecule has 1 saturated heterocycles. The van der Waals surface area contributed by atoms with E-state index < -0.39 is 5.91 Å². The average molecular weight is 418 g/mol. The van der Waals surface area contributed by atoms with Crippen LogP contribution in [0.1, 0.15) is 34.2 Å². The van der Waals surface area contributed by atoms with Crippen LogP contribution in [0.5, 0.6) is 0 Å². The number of carbonyl (C=O) groups excluding carboxylic acids is 1. The zero-order valence-electron chi connectivity index (χ0n) is 16.8. The third-order valence-electron chi connectivity index (χ3n) is 5.30. The Kier molecular flexibility index (Phi) is 5.19. The van der Waals surface area contributed by atoms with Crippen LogP contribution in [0.25, 0.3) is 11.3 Å². The first-order valence-electron chi connectivity index (χ1n) is 10.2. The van der Waals surface area contributed by atoms with E-state index in [2.05, 4.69) is 20.6 Å². The highest BCUT2D eigenvalue weighted by Crippen LogP contribution is 2.17. The quantitative estimate of drug-likeness (QED) is 0.518. The van der Waals surface area contributed by atoms with Gasteiger partial charge in [0.05, 0.1) is 24.9 Å². The van der Waals surface area contributed by atoms with Gasteiger partial charge in [-0.25, -0.2) is 9.97 Å². The smallest absolute Gasteiger partial charge is 0.270 e. The highest BCUT2D eigenvalue weighted by molar-refractivity contribution is 5.92. The lowest BCUT2D eigenvalue weighted by Crippen LogP contribution is -2.27. The predicted molar refractivity (Wildman–Crippen MR) is 114 cm³/mol. The predicted octanol–water partition coefficient (Wildman–Crippen LogP) is 1.32. The Balaban J connectivity index is 1.31. The monoisotopic (exact) mass is 418 g/mol. The number of imidazole rings is 1. The summed E-state index contributed by atoms with van der Waals surface area (Å²) in [4.78, 5) is 33.6. The molecular formula is C22H22N6O3. The minimum absolute atomic E-state index is 0.0849. The lowest BCUT2D eigenvalue weighted by molar-refractivity contribution is 0.0945. The molecule has 1 unspecified atom stereocenters. The average Bonchev–Trinajstić information content (AvgIpc) is 3.00. The van der Waals surface area contributed by atoms with Crippen molar-refractivity contribution in [1.29, 1.82) is 0 Å². The second-order valence-electron chi connectivity index (χ2n) is 7.49. The van der Waals surface area contributed by atoms with Crippen molar-refractivity contribution in [3.8, 4) is 0 Å². The summed E-state index contributed by atoms with van der Waals surface area (Å²) in [6, 6.07) is 10.6. The highest BCUT2D eigenvalue weighted by Gasteiger charge is 2.15. The molecule has 1 aliphatic rings. The molecule has 0 spiro atoms. The van der Waals surface area contributed by atoms with Gasteiger partial charge < -0.3 is 19.8 Å². The zero-order valence-corrected chi connectivity index (χ0v) is 16.8. The fourth-order valence-corrected chi connectivity index (χ4v) is 3.71. The summed E-state index contributed by atoms with van der Waals surface area (Å²) in [5.41, 5.74) is 2.85. The van der Waals surface area contributed by atoms with Crippen LogP contribution in [0.4, 0.5) is 0 Å². The molecule has 158 valence electrons. The summed E-state index contributed by atoms with van der Waals surface area (Å²) in [5, 5.41) is 6.29. The molecule has 9 heteroatoms. The molecular weight excluding hydrogens is 396 g/mol. The first-order chi connectivity index (χ1) is 15.2. The second kappa shape index (κ2) is 8.29. The number of aromatic nitrogens is 4. The van der Waals surface area contributed by atoms with E-state index in [9.17, 15) is 9.59 Å². The summed E-state index contributed by atoms with van der Waals surface area (Å²) >= 11 is 0. The van der Waals surface area contributed by atoms with E-state index in [0.717, 1.165) is 30.8 Å². The third kappa shape index (κ3) is 4.05. The van der Waals surface area contributed by atoms with E-state index in [1.807, 2.05) is 28.9 Å². The minimum Gasteiger partial charge on any atom is -0.379 e. The first-order valence-corrected chi connectivity index (χ1v) is 10.2. The molecule has 5 rings (SSSR count). The van der Waals surface area contributed by atoms with Crippen LogP contribution in [0, 0.1) is 0 Å². The number of carbonyl (C=O) groups is 1. The summed E-state index contributed by atoms with van der Waals surface area (Å²) in [5.74, 6) is -0.416. The van der Waals surface area contributed by atoms with E-state index in [-0.39, 0.29) is 23.8 Å². The second-order valence-corrected chi connectivity index (χ2v) is 7.49. The molecule has 4 aromatic heterocycles. The Morgan fingerprint density at radius 2 is 2.13 bits per heavy atom. The van der Waals surface area contributed by atoms with E-state index in [1.54, 1.807) is 24.4 Å². The van der Waals surface area contributed by atoms with Crippen molar-refractivity contribution in [3.63, 3.8) is 0 Å².